The fraction of sp³-hybridized carbons (Fsp3) is 0.613. The second-order valence-electron chi connectivity index (χ2n) is 12.6. The fourth-order valence-electron chi connectivity index (χ4n) is 6.40. The first kappa shape index (κ1) is 28.6. The van der Waals surface area contributed by atoms with Crippen molar-refractivity contribution in [2.45, 2.75) is 84.2 Å². The summed E-state index contributed by atoms with van der Waals surface area (Å²) in [5.41, 5.74) is 9.99. The van der Waals surface area contributed by atoms with Gasteiger partial charge in [-0.25, -0.2) is 4.98 Å². The minimum absolute atomic E-state index is 0.0702. The maximum absolute atomic E-state index is 6.62. The molecule has 0 saturated carbocycles. The molecular formula is C31H47N7O2. The molecule has 0 radical (unpaired) electrons. The molecule has 40 heavy (non-hydrogen) atoms. The van der Waals surface area contributed by atoms with Crippen molar-refractivity contribution in [2.75, 3.05) is 50.9 Å². The van der Waals surface area contributed by atoms with Crippen molar-refractivity contribution >= 4 is 22.8 Å². The normalized spacial score (nSPS) is 18.9. The molecule has 3 N–H and O–H groups in total. The molecule has 1 spiro atoms. The van der Waals surface area contributed by atoms with E-state index in [0.29, 0.717) is 12.6 Å². The predicted molar refractivity (Wildman–Crippen MR) is 162 cm³/mol. The Morgan fingerprint density at radius 3 is 2.60 bits per heavy atom. The second-order valence-corrected chi connectivity index (χ2v) is 12.6. The van der Waals surface area contributed by atoms with Crippen molar-refractivity contribution in [2.24, 2.45) is 0 Å². The zero-order valence-corrected chi connectivity index (χ0v) is 25.2. The number of anilines is 2. The van der Waals surface area contributed by atoms with Crippen LogP contribution in [-0.4, -0.2) is 81.4 Å². The molecule has 2 fully saturated rings. The minimum Gasteiger partial charge on any atom is -0.496 e. The number of aromatic nitrogens is 3. The summed E-state index contributed by atoms with van der Waals surface area (Å²) >= 11 is 0. The number of methoxy groups -OCH3 is 1. The molecule has 2 aliphatic heterocycles. The van der Waals surface area contributed by atoms with E-state index >= 15 is 0 Å². The lowest BCUT2D eigenvalue weighted by Crippen LogP contribution is -2.73. The molecule has 218 valence electrons. The van der Waals surface area contributed by atoms with E-state index in [1.165, 1.54) is 18.4 Å². The van der Waals surface area contributed by atoms with E-state index in [1.54, 1.807) is 7.11 Å². The van der Waals surface area contributed by atoms with E-state index in [2.05, 4.69) is 88.7 Å². The Labute approximate surface area is 239 Å². The van der Waals surface area contributed by atoms with Crippen LogP contribution in [-0.2, 0) is 17.8 Å². The average Bonchev–Trinajstić information content (AvgIpc) is 3.27. The Morgan fingerprint density at radius 2 is 1.88 bits per heavy atom. The monoisotopic (exact) mass is 549 g/mol. The zero-order chi connectivity index (χ0) is 28.5. The van der Waals surface area contributed by atoms with Crippen LogP contribution in [0.5, 0.6) is 5.75 Å². The van der Waals surface area contributed by atoms with Crippen molar-refractivity contribution < 1.29 is 9.47 Å². The number of rotatable bonds is 11. The molecule has 0 bridgehead atoms. The first-order valence-electron chi connectivity index (χ1n) is 14.8. The first-order valence-corrected chi connectivity index (χ1v) is 14.8. The van der Waals surface area contributed by atoms with Gasteiger partial charge in [-0.05, 0) is 51.8 Å². The van der Waals surface area contributed by atoms with Crippen LogP contribution in [0.15, 0.2) is 30.5 Å². The Hall–Kier alpha value is -2.88. The highest BCUT2D eigenvalue weighted by molar-refractivity contribution is 5.87. The Morgan fingerprint density at radius 1 is 1.07 bits per heavy atom. The molecule has 2 saturated heterocycles. The van der Waals surface area contributed by atoms with Gasteiger partial charge in [0.1, 0.15) is 16.9 Å². The molecule has 0 atom stereocenters. The molecular weight excluding hydrogens is 502 g/mol. The molecule has 9 nitrogen and oxygen atoms in total. The third-order valence-corrected chi connectivity index (χ3v) is 8.12. The van der Waals surface area contributed by atoms with E-state index in [0.717, 1.165) is 73.9 Å². The summed E-state index contributed by atoms with van der Waals surface area (Å²) in [5.74, 6) is 1.97. The molecule has 2 aliphatic rings. The Kier molecular flexibility index (Phi) is 8.27. The number of nitrogens with zero attached hydrogens (tertiary/aromatic N) is 5. The highest BCUT2D eigenvalue weighted by Gasteiger charge is 2.51. The van der Waals surface area contributed by atoms with E-state index < -0.39 is 0 Å². The van der Waals surface area contributed by atoms with Gasteiger partial charge in [0.15, 0.2) is 5.82 Å². The maximum atomic E-state index is 6.62. The summed E-state index contributed by atoms with van der Waals surface area (Å²) in [5, 5.41) is 3.48. The molecule has 2 aromatic heterocycles. The first-order chi connectivity index (χ1) is 19.1. The van der Waals surface area contributed by atoms with Gasteiger partial charge in [0.2, 0.25) is 5.95 Å². The van der Waals surface area contributed by atoms with Gasteiger partial charge in [-0.1, -0.05) is 31.9 Å². The highest BCUT2D eigenvalue weighted by atomic mass is 16.5. The molecule has 3 aromatic rings. The van der Waals surface area contributed by atoms with Crippen LogP contribution >= 0.6 is 0 Å². The van der Waals surface area contributed by atoms with Crippen LogP contribution in [0.3, 0.4) is 0 Å². The molecule has 5 rings (SSSR count). The molecule has 1 aromatic carbocycles. The van der Waals surface area contributed by atoms with Crippen molar-refractivity contribution in [3.63, 3.8) is 0 Å². The van der Waals surface area contributed by atoms with Crippen molar-refractivity contribution in [3.8, 4) is 5.75 Å². The number of fused-ring (bicyclic) bond motifs is 1. The van der Waals surface area contributed by atoms with Crippen LogP contribution in [0.1, 0.15) is 65.0 Å². The summed E-state index contributed by atoms with van der Waals surface area (Å²) in [6.45, 7) is 17.5. The van der Waals surface area contributed by atoms with Crippen LogP contribution < -0.4 is 15.8 Å². The second kappa shape index (κ2) is 11.5. The third-order valence-electron chi connectivity index (χ3n) is 8.12. The third kappa shape index (κ3) is 6.21. The summed E-state index contributed by atoms with van der Waals surface area (Å²) in [6.07, 6.45) is 5.50. The van der Waals surface area contributed by atoms with E-state index in [4.69, 9.17) is 15.2 Å². The average molecular weight is 550 g/mol. The SMILES string of the molecule is CCCCCNc1nc(N)nc2ccn(Cc3ccc(CN4CC5(C4)CN(C(C)C)CC(C)(C)O5)cc3OC)c12. The number of benzene rings is 1. The van der Waals surface area contributed by atoms with Gasteiger partial charge in [0.25, 0.3) is 0 Å². The summed E-state index contributed by atoms with van der Waals surface area (Å²) < 4.78 is 14.7. The lowest BCUT2D eigenvalue weighted by Gasteiger charge is -2.59. The number of hydrogen-bond donors (Lipinski definition) is 2. The van der Waals surface area contributed by atoms with Gasteiger partial charge in [0, 0.05) is 57.1 Å². The number of nitrogens with two attached hydrogens (primary N) is 1. The van der Waals surface area contributed by atoms with Gasteiger partial charge >= 0.3 is 0 Å². The number of unbranched alkanes of at least 4 members (excludes halogenated alkanes) is 2. The lowest BCUT2D eigenvalue weighted by atomic mass is 9.87. The van der Waals surface area contributed by atoms with Crippen molar-refractivity contribution in [1.29, 1.82) is 0 Å². The summed E-state index contributed by atoms with van der Waals surface area (Å²) in [7, 11) is 1.75. The largest absolute Gasteiger partial charge is 0.496 e. The van der Waals surface area contributed by atoms with Gasteiger partial charge in [-0.3, -0.25) is 9.80 Å². The topological polar surface area (TPSA) is 93.7 Å². The van der Waals surface area contributed by atoms with Gasteiger partial charge in [0.05, 0.1) is 24.8 Å². The van der Waals surface area contributed by atoms with Gasteiger partial charge < -0.3 is 25.1 Å². The van der Waals surface area contributed by atoms with Crippen molar-refractivity contribution in [3.05, 3.63) is 41.6 Å². The molecule has 9 heteroatoms. The summed E-state index contributed by atoms with van der Waals surface area (Å²) in [4.78, 5) is 14.0. The molecule has 4 heterocycles. The van der Waals surface area contributed by atoms with E-state index in [9.17, 15) is 0 Å². The maximum Gasteiger partial charge on any atom is 0.222 e. The minimum atomic E-state index is -0.121. The van der Waals surface area contributed by atoms with Gasteiger partial charge in [-0.2, -0.15) is 4.98 Å². The number of morpholine rings is 1. The van der Waals surface area contributed by atoms with Crippen molar-refractivity contribution in [1.82, 2.24) is 24.3 Å². The highest BCUT2D eigenvalue weighted by Crippen LogP contribution is 2.37. The predicted octanol–water partition coefficient (Wildman–Crippen LogP) is 4.75. The fourth-order valence-corrected chi connectivity index (χ4v) is 6.40. The summed E-state index contributed by atoms with van der Waals surface area (Å²) in [6, 6.07) is 9.11. The van der Waals surface area contributed by atoms with Crippen LogP contribution in [0, 0.1) is 0 Å². The molecule has 0 amide bonds. The molecule has 0 unspecified atom stereocenters. The molecule has 0 aliphatic carbocycles. The van der Waals surface area contributed by atoms with Crippen LogP contribution in [0.4, 0.5) is 11.8 Å². The number of hydrogen-bond acceptors (Lipinski definition) is 8. The van der Waals surface area contributed by atoms with Crippen LogP contribution in [0.2, 0.25) is 0 Å². The number of nitrogen functional groups attached to an aromatic ring is 1. The number of nitrogens with one attached hydrogen (secondary N) is 1. The van der Waals surface area contributed by atoms with E-state index in [-0.39, 0.29) is 17.2 Å². The quantitative estimate of drug-likeness (QED) is 0.331. The number of likely N-dealkylation sites (tertiary alicyclic amines) is 1. The Balaban J connectivity index is 1.28. The van der Waals surface area contributed by atoms with Crippen LogP contribution in [0.25, 0.3) is 11.0 Å². The Bertz CT molecular complexity index is 1310. The lowest BCUT2D eigenvalue weighted by molar-refractivity contribution is -0.252. The standard InChI is InChI=1S/C31H47N7O2/c1-7-8-9-13-33-28-27-25(34-29(32)35-28)12-14-37(27)17-24-11-10-23(15-26(24)39-6)16-36-19-31(20-36)21-38(22(2)3)18-30(4,5)40-31/h10-12,14-15,22H,7-9,13,16-21H2,1-6H3,(H3,32,33,34,35). The zero-order valence-electron chi connectivity index (χ0n) is 25.2. The smallest absolute Gasteiger partial charge is 0.222 e. The van der Waals surface area contributed by atoms with Gasteiger partial charge in [-0.15, -0.1) is 0 Å². The van der Waals surface area contributed by atoms with E-state index in [1.807, 2.05) is 6.07 Å². The number of ether oxygens (including phenoxy) is 2.